The van der Waals surface area contributed by atoms with Gasteiger partial charge in [-0.3, -0.25) is 4.79 Å². The molecule has 0 spiro atoms. The molecule has 0 bridgehead atoms. The highest BCUT2D eigenvalue weighted by atomic mass is 32.2. The number of rotatable bonds is 7. The Morgan fingerprint density at radius 3 is 2.42 bits per heavy atom. The molecule has 158 valence electrons. The van der Waals surface area contributed by atoms with Gasteiger partial charge in [-0.25, -0.2) is 18.2 Å². The second kappa shape index (κ2) is 8.84. The molecule has 1 amide bonds. The van der Waals surface area contributed by atoms with Crippen molar-refractivity contribution in [2.24, 2.45) is 5.14 Å². The average molecular weight is 453 g/mol. The molecule has 0 saturated heterocycles. The number of primary sulfonamides is 1. The van der Waals surface area contributed by atoms with Gasteiger partial charge < -0.3 is 5.32 Å². The van der Waals surface area contributed by atoms with E-state index in [4.69, 9.17) is 5.14 Å². The van der Waals surface area contributed by atoms with E-state index in [1.807, 2.05) is 47.8 Å². The van der Waals surface area contributed by atoms with Crippen LogP contribution >= 0.6 is 11.3 Å². The molecule has 2 heterocycles. The zero-order valence-corrected chi connectivity index (χ0v) is 18.1. The number of nitrogens with zero attached hydrogens (tertiary/aromatic N) is 2. The summed E-state index contributed by atoms with van der Waals surface area (Å²) in [6.07, 6.45) is 0.549. The number of sulfonamides is 1. The van der Waals surface area contributed by atoms with Crippen LogP contribution in [0.3, 0.4) is 0 Å². The predicted molar refractivity (Wildman–Crippen MR) is 121 cm³/mol. The maximum Gasteiger partial charge on any atom is 0.270 e. The third-order valence-electron chi connectivity index (χ3n) is 4.67. The van der Waals surface area contributed by atoms with E-state index in [0.29, 0.717) is 18.7 Å². The van der Waals surface area contributed by atoms with Gasteiger partial charge in [0.1, 0.15) is 11.4 Å². The second-order valence-electron chi connectivity index (χ2n) is 6.83. The molecule has 0 fully saturated rings. The molecule has 7 nitrogen and oxygen atoms in total. The second-order valence-corrected chi connectivity index (χ2v) is 9.34. The molecule has 4 rings (SSSR count). The molecule has 0 atom stereocenters. The number of hydrogen-bond acceptors (Lipinski definition) is 5. The van der Waals surface area contributed by atoms with E-state index >= 15 is 0 Å². The van der Waals surface area contributed by atoms with E-state index in [1.165, 1.54) is 12.1 Å². The molecule has 0 saturated carbocycles. The number of thiophene rings is 1. The van der Waals surface area contributed by atoms with E-state index in [0.717, 1.165) is 21.8 Å². The van der Waals surface area contributed by atoms with Crippen LogP contribution in [-0.4, -0.2) is 30.7 Å². The van der Waals surface area contributed by atoms with Gasteiger partial charge in [0.15, 0.2) is 0 Å². The van der Waals surface area contributed by atoms with Gasteiger partial charge in [-0.2, -0.15) is 5.10 Å². The Hall–Kier alpha value is -3.27. The molecule has 0 radical (unpaired) electrons. The lowest BCUT2D eigenvalue weighted by molar-refractivity contribution is 0.0946. The first kappa shape index (κ1) is 21.0. The minimum Gasteiger partial charge on any atom is -0.350 e. The summed E-state index contributed by atoms with van der Waals surface area (Å²) in [5, 5.41) is 14.7. The highest BCUT2D eigenvalue weighted by molar-refractivity contribution is 7.89. The van der Waals surface area contributed by atoms with Crippen LogP contribution in [0.25, 0.3) is 16.3 Å². The summed E-state index contributed by atoms with van der Waals surface area (Å²) < 4.78 is 24.4. The first-order chi connectivity index (χ1) is 14.9. The minimum absolute atomic E-state index is 0.0631. The van der Waals surface area contributed by atoms with Crippen LogP contribution in [0.1, 0.15) is 16.1 Å². The van der Waals surface area contributed by atoms with Crippen molar-refractivity contribution in [1.82, 2.24) is 15.1 Å². The van der Waals surface area contributed by atoms with Gasteiger partial charge in [0.05, 0.1) is 15.5 Å². The van der Waals surface area contributed by atoms with Crippen molar-refractivity contribution in [1.29, 1.82) is 0 Å². The molecular weight excluding hydrogens is 432 g/mol. The van der Waals surface area contributed by atoms with Crippen molar-refractivity contribution in [2.45, 2.75) is 11.3 Å². The Kier molecular flexibility index (Phi) is 5.99. The third kappa shape index (κ3) is 4.91. The molecule has 2 aromatic heterocycles. The van der Waals surface area contributed by atoms with E-state index in [2.05, 4.69) is 10.4 Å². The molecule has 0 aliphatic rings. The van der Waals surface area contributed by atoms with Crippen molar-refractivity contribution >= 4 is 27.3 Å². The lowest BCUT2D eigenvalue weighted by Crippen LogP contribution is -2.27. The highest BCUT2D eigenvalue weighted by Crippen LogP contribution is 2.25. The van der Waals surface area contributed by atoms with E-state index < -0.39 is 10.0 Å². The predicted octanol–water partition coefficient (Wildman–Crippen LogP) is 3.22. The molecule has 9 heteroatoms. The maximum atomic E-state index is 12.9. The van der Waals surface area contributed by atoms with Gasteiger partial charge in [-0.05, 0) is 53.8 Å². The normalized spacial score (nSPS) is 11.4. The van der Waals surface area contributed by atoms with Crippen LogP contribution in [0.2, 0.25) is 0 Å². The Morgan fingerprint density at radius 2 is 1.77 bits per heavy atom. The van der Waals surface area contributed by atoms with Crippen molar-refractivity contribution in [3.05, 3.63) is 89.4 Å². The number of amides is 1. The topological polar surface area (TPSA) is 107 Å². The van der Waals surface area contributed by atoms with Crippen LogP contribution in [0, 0.1) is 0 Å². The number of aromatic nitrogens is 2. The molecular formula is C22H20N4O3S2. The Morgan fingerprint density at radius 1 is 1.03 bits per heavy atom. The number of nitrogens with one attached hydrogen (secondary N) is 1. The van der Waals surface area contributed by atoms with Crippen LogP contribution in [0.4, 0.5) is 0 Å². The summed E-state index contributed by atoms with van der Waals surface area (Å²) in [7, 11) is -3.72. The SMILES string of the molecule is NS(=O)(=O)c1ccc(CCNC(=O)c2cc(-c3cccs3)nn2-c2ccccc2)cc1. The van der Waals surface area contributed by atoms with Gasteiger partial charge in [-0.1, -0.05) is 36.4 Å². The summed E-state index contributed by atoms with van der Waals surface area (Å²) in [5.41, 5.74) is 2.87. The fourth-order valence-electron chi connectivity index (χ4n) is 3.11. The van der Waals surface area contributed by atoms with Gasteiger partial charge in [-0.15, -0.1) is 11.3 Å². The van der Waals surface area contributed by atoms with Crippen molar-refractivity contribution in [2.75, 3.05) is 6.54 Å². The largest absolute Gasteiger partial charge is 0.350 e. The Labute approximate surface area is 184 Å². The number of hydrogen-bond donors (Lipinski definition) is 2. The van der Waals surface area contributed by atoms with E-state index in [-0.39, 0.29) is 10.8 Å². The van der Waals surface area contributed by atoms with Crippen molar-refractivity contribution in [3.8, 4) is 16.3 Å². The molecule has 0 aliphatic carbocycles. The summed E-state index contributed by atoms with van der Waals surface area (Å²) in [6, 6.07) is 21.5. The number of para-hydroxylation sites is 1. The number of carbonyl (C=O) groups is 1. The monoisotopic (exact) mass is 452 g/mol. The van der Waals surface area contributed by atoms with Gasteiger partial charge in [0, 0.05) is 6.54 Å². The lowest BCUT2D eigenvalue weighted by Gasteiger charge is -2.08. The van der Waals surface area contributed by atoms with E-state index in [1.54, 1.807) is 34.2 Å². The number of carbonyl (C=O) groups excluding carboxylic acids is 1. The fraction of sp³-hybridized carbons (Fsp3) is 0.0909. The Bertz CT molecular complexity index is 1280. The molecule has 2 aromatic carbocycles. The van der Waals surface area contributed by atoms with Crippen molar-refractivity contribution < 1.29 is 13.2 Å². The zero-order chi connectivity index (χ0) is 21.8. The molecule has 0 unspecified atom stereocenters. The molecule has 3 N–H and O–H groups in total. The van der Waals surface area contributed by atoms with Crippen LogP contribution in [-0.2, 0) is 16.4 Å². The zero-order valence-electron chi connectivity index (χ0n) is 16.4. The molecule has 0 aliphatic heterocycles. The molecule has 4 aromatic rings. The summed E-state index contributed by atoms with van der Waals surface area (Å²) in [6.45, 7) is 0.391. The van der Waals surface area contributed by atoms with Crippen LogP contribution < -0.4 is 10.5 Å². The number of nitrogens with two attached hydrogens (primary N) is 1. The highest BCUT2D eigenvalue weighted by Gasteiger charge is 2.18. The first-order valence-corrected chi connectivity index (χ1v) is 11.9. The van der Waals surface area contributed by atoms with Gasteiger partial charge in [0.2, 0.25) is 10.0 Å². The maximum absolute atomic E-state index is 12.9. The number of benzene rings is 2. The van der Waals surface area contributed by atoms with Crippen LogP contribution in [0.15, 0.2) is 83.1 Å². The molecule has 31 heavy (non-hydrogen) atoms. The van der Waals surface area contributed by atoms with Gasteiger partial charge >= 0.3 is 0 Å². The van der Waals surface area contributed by atoms with Crippen molar-refractivity contribution in [3.63, 3.8) is 0 Å². The lowest BCUT2D eigenvalue weighted by atomic mass is 10.1. The van der Waals surface area contributed by atoms with E-state index in [9.17, 15) is 13.2 Å². The summed E-state index contributed by atoms with van der Waals surface area (Å²) in [4.78, 5) is 14.0. The summed E-state index contributed by atoms with van der Waals surface area (Å²) >= 11 is 1.56. The summed E-state index contributed by atoms with van der Waals surface area (Å²) in [5.74, 6) is -0.236. The smallest absolute Gasteiger partial charge is 0.270 e. The fourth-order valence-corrected chi connectivity index (χ4v) is 4.31. The standard InChI is InChI=1S/C22H20N4O3S2/c23-31(28,29)18-10-8-16(9-11-18)12-13-24-22(27)20-15-19(21-7-4-14-30-21)25-26(20)17-5-2-1-3-6-17/h1-11,14-15H,12-13H2,(H,24,27)(H2,23,28,29). The minimum atomic E-state index is -3.72. The first-order valence-electron chi connectivity index (χ1n) is 9.51. The quantitative estimate of drug-likeness (QED) is 0.449. The van der Waals surface area contributed by atoms with Gasteiger partial charge in [0.25, 0.3) is 5.91 Å². The third-order valence-corrected chi connectivity index (χ3v) is 6.49. The Balaban J connectivity index is 1.50. The average Bonchev–Trinajstić information content (AvgIpc) is 3.44. The van der Waals surface area contributed by atoms with Crippen LogP contribution in [0.5, 0.6) is 0 Å².